The van der Waals surface area contributed by atoms with E-state index >= 15 is 0 Å². The number of fused-ring (bicyclic) bond motifs is 1. The van der Waals surface area contributed by atoms with Crippen molar-refractivity contribution in [3.05, 3.63) is 107 Å². The summed E-state index contributed by atoms with van der Waals surface area (Å²) in [5.74, 6) is -0.748. The van der Waals surface area contributed by atoms with Crippen LogP contribution in [0.4, 0.5) is 0 Å². The molecule has 1 aliphatic carbocycles. The highest BCUT2D eigenvalue weighted by Gasteiger charge is 2.36. The Balaban J connectivity index is 0.000000196. The lowest BCUT2D eigenvalue weighted by molar-refractivity contribution is -0.145. The number of para-hydroxylation sites is 2. The Bertz CT molecular complexity index is 1600. The minimum atomic E-state index is -1.20. The number of hydrogen-bond donors (Lipinski definition) is 5. The second-order valence-corrected chi connectivity index (χ2v) is 8.91. The first-order valence-corrected chi connectivity index (χ1v) is 11.7. The topological polar surface area (TPSA) is 153 Å². The molecule has 38 heavy (non-hydrogen) atoms. The highest BCUT2D eigenvalue weighted by atomic mass is 16.5. The van der Waals surface area contributed by atoms with Crippen molar-refractivity contribution >= 4 is 22.7 Å². The van der Waals surface area contributed by atoms with Gasteiger partial charge in [0, 0.05) is 28.9 Å². The average Bonchev–Trinajstić information content (AvgIpc) is 3.35. The number of nitrogens with one attached hydrogen (secondary N) is 2. The first-order chi connectivity index (χ1) is 18.2. The maximum atomic E-state index is 11.9. The largest absolute Gasteiger partial charge is 0.481 e. The van der Waals surface area contributed by atoms with Crippen LogP contribution in [0.1, 0.15) is 13.3 Å². The molecule has 0 fully saturated rings. The molecule has 5 rings (SSSR count). The van der Waals surface area contributed by atoms with E-state index < -0.39 is 24.0 Å². The Labute approximate surface area is 217 Å². The summed E-state index contributed by atoms with van der Waals surface area (Å²) in [5.41, 5.74) is 0.707. The van der Waals surface area contributed by atoms with Gasteiger partial charge < -0.3 is 30.0 Å². The monoisotopic (exact) mass is 514 g/mol. The van der Waals surface area contributed by atoms with E-state index in [9.17, 15) is 14.4 Å². The summed E-state index contributed by atoms with van der Waals surface area (Å²) in [7, 11) is 0. The molecule has 0 bridgehead atoms. The molecule has 2 aromatic carbocycles. The van der Waals surface area contributed by atoms with Crippen LogP contribution in [0, 0.1) is 5.41 Å². The molecule has 9 heteroatoms. The number of aliphatic carboxylic acids is 2. The third-order valence-corrected chi connectivity index (χ3v) is 6.26. The molecule has 0 saturated heterocycles. The van der Waals surface area contributed by atoms with E-state index in [1.165, 1.54) is 19.1 Å². The number of benzene rings is 2. The Morgan fingerprint density at radius 3 is 2.37 bits per heavy atom. The van der Waals surface area contributed by atoms with Gasteiger partial charge in [0.2, 0.25) is 0 Å². The van der Waals surface area contributed by atoms with Crippen molar-refractivity contribution in [1.82, 2.24) is 9.97 Å². The normalized spacial score (nSPS) is 16.6. The number of carbonyl (C=O) groups is 2. The summed E-state index contributed by atoms with van der Waals surface area (Å²) in [6.07, 6.45) is 6.05. The third kappa shape index (κ3) is 5.42. The van der Waals surface area contributed by atoms with E-state index in [1.54, 1.807) is 12.4 Å². The lowest BCUT2D eigenvalue weighted by Gasteiger charge is -2.25. The fourth-order valence-electron chi connectivity index (χ4n) is 4.11. The molecule has 1 aliphatic rings. The number of aliphatic hydroxyl groups is 1. The summed E-state index contributed by atoms with van der Waals surface area (Å²) < 4.78 is 6.01. The Kier molecular flexibility index (Phi) is 7.59. The van der Waals surface area contributed by atoms with Crippen molar-refractivity contribution in [3.8, 4) is 22.8 Å². The van der Waals surface area contributed by atoms with Crippen LogP contribution in [0.5, 0.6) is 11.5 Å². The number of rotatable bonds is 6. The minimum Gasteiger partial charge on any atom is -0.481 e. The predicted molar refractivity (Wildman–Crippen MR) is 142 cm³/mol. The SMILES string of the molecule is CC1(C(=O)O)C=CC(CO)=C(C(=O)O)C1.O=c1[nH]ccc2c(-c3ccccc3Oc3ccccc3)[nH]cc12. The first kappa shape index (κ1) is 26.2. The molecule has 4 aromatic rings. The number of hydrogen-bond acceptors (Lipinski definition) is 5. The molecule has 1 atom stereocenters. The first-order valence-electron chi connectivity index (χ1n) is 11.7. The fourth-order valence-corrected chi connectivity index (χ4v) is 4.11. The van der Waals surface area contributed by atoms with Crippen LogP contribution >= 0.6 is 0 Å². The van der Waals surface area contributed by atoms with Crippen molar-refractivity contribution in [2.24, 2.45) is 5.41 Å². The summed E-state index contributed by atoms with van der Waals surface area (Å²) in [6, 6.07) is 19.3. The number of H-pyrrole nitrogens is 2. The highest BCUT2D eigenvalue weighted by Crippen LogP contribution is 2.36. The molecule has 5 N–H and O–H groups in total. The van der Waals surface area contributed by atoms with Gasteiger partial charge in [-0.2, -0.15) is 0 Å². The minimum absolute atomic E-state index is 0.0371. The maximum absolute atomic E-state index is 11.9. The number of carboxylic acids is 2. The van der Waals surface area contributed by atoms with Gasteiger partial charge in [-0.1, -0.05) is 42.5 Å². The molecule has 1 unspecified atom stereocenters. The number of aromatic amines is 2. The van der Waals surface area contributed by atoms with E-state index in [4.69, 9.17) is 20.1 Å². The smallest absolute Gasteiger partial charge is 0.331 e. The number of pyridine rings is 1. The number of carboxylic acid groups (broad SMARTS) is 2. The number of ether oxygens (including phenoxy) is 1. The molecular weight excluding hydrogens is 488 g/mol. The summed E-state index contributed by atoms with van der Waals surface area (Å²) in [5, 5.41) is 28.2. The van der Waals surface area contributed by atoms with Gasteiger partial charge in [0.25, 0.3) is 5.56 Å². The van der Waals surface area contributed by atoms with Crippen molar-refractivity contribution in [2.45, 2.75) is 13.3 Å². The zero-order valence-corrected chi connectivity index (χ0v) is 20.5. The van der Waals surface area contributed by atoms with Crippen LogP contribution in [0.3, 0.4) is 0 Å². The van der Waals surface area contributed by atoms with Gasteiger partial charge >= 0.3 is 11.9 Å². The van der Waals surface area contributed by atoms with Gasteiger partial charge in [-0.15, -0.1) is 0 Å². The van der Waals surface area contributed by atoms with Gasteiger partial charge in [-0.25, -0.2) is 4.79 Å². The zero-order chi connectivity index (χ0) is 27.3. The Morgan fingerprint density at radius 2 is 1.68 bits per heavy atom. The number of aliphatic hydroxyl groups excluding tert-OH is 1. The van der Waals surface area contributed by atoms with Crippen LogP contribution in [-0.4, -0.2) is 43.8 Å². The van der Waals surface area contributed by atoms with Crippen LogP contribution in [0.15, 0.2) is 101 Å². The van der Waals surface area contributed by atoms with E-state index in [0.29, 0.717) is 5.39 Å². The van der Waals surface area contributed by atoms with Crippen molar-refractivity contribution in [1.29, 1.82) is 0 Å². The van der Waals surface area contributed by atoms with Crippen LogP contribution in [0.2, 0.25) is 0 Å². The van der Waals surface area contributed by atoms with Crippen LogP contribution in [0.25, 0.3) is 22.0 Å². The average molecular weight is 515 g/mol. The van der Waals surface area contributed by atoms with Crippen molar-refractivity contribution < 1.29 is 29.6 Å². The molecule has 0 amide bonds. The van der Waals surface area contributed by atoms with Gasteiger partial charge in [0.05, 0.1) is 23.1 Å². The quantitative estimate of drug-likeness (QED) is 0.249. The second-order valence-electron chi connectivity index (χ2n) is 8.91. The Hall–Kier alpha value is -4.89. The molecule has 0 saturated carbocycles. The van der Waals surface area contributed by atoms with Crippen LogP contribution in [-0.2, 0) is 9.59 Å². The van der Waals surface area contributed by atoms with Gasteiger partial charge in [0.1, 0.15) is 11.5 Å². The molecule has 9 nitrogen and oxygen atoms in total. The lowest BCUT2D eigenvalue weighted by Crippen LogP contribution is -2.30. The lowest BCUT2D eigenvalue weighted by atomic mass is 9.78. The molecule has 2 heterocycles. The molecule has 0 radical (unpaired) electrons. The summed E-state index contributed by atoms with van der Waals surface area (Å²) >= 11 is 0. The van der Waals surface area contributed by atoms with Crippen molar-refractivity contribution in [3.63, 3.8) is 0 Å². The predicted octanol–water partition coefficient (Wildman–Crippen LogP) is 4.73. The summed E-state index contributed by atoms with van der Waals surface area (Å²) in [6.45, 7) is 1.05. The number of aromatic nitrogens is 2. The second kappa shape index (κ2) is 11.0. The molecular formula is C29H26N2O7. The van der Waals surface area contributed by atoms with Gasteiger partial charge in [-0.05, 0) is 49.2 Å². The maximum Gasteiger partial charge on any atom is 0.331 e. The molecule has 194 valence electrons. The standard InChI is InChI=1S/C19H14N2O2.C10H12O5/c22-19-16-12-21-18(14(16)10-11-20-19)15-8-4-5-9-17(15)23-13-6-2-1-3-7-13;1-10(9(14)15)3-2-6(5-11)7(4-10)8(12)13/h1-12,21H,(H,20,22);2-3,11H,4-5H2,1H3,(H,12,13)(H,14,15). The van der Waals surface area contributed by atoms with Crippen molar-refractivity contribution in [2.75, 3.05) is 6.61 Å². The highest BCUT2D eigenvalue weighted by molar-refractivity contribution is 5.96. The fraction of sp³-hybridized carbons (Fsp3) is 0.138. The molecule has 0 aliphatic heterocycles. The van der Waals surface area contributed by atoms with E-state index in [2.05, 4.69) is 9.97 Å². The van der Waals surface area contributed by atoms with E-state index in [-0.39, 0.29) is 23.1 Å². The summed E-state index contributed by atoms with van der Waals surface area (Å²) in [4.78, 5) is 39.5. The molecule has 0 spiro atoms. The zero-order valence-electron chi connectivity index (χ0n) is 20.5. The van der Waals surface area contributed by atoms with Gasteiger partial charge in [0.15, 0.2) is 0 Å². The van der Waals surface area contributed by atoms with Gasteiger partial charge in [-0.3, -0.25) is 9.59 Å². The van der Waals surface area contributed by atoms with E-state index in [1.807, 2.05) is 60.7 Å². The van der Waals surface area contributed by atoms with Crippen LogP contribution < -0.4 is 10.3 Å². The van der Waals surface area contributed by atoms with E-state index in [0.717, 1.165) is 28.1 Å². The molecule has 2 aromatic heterocycles. The third-order valence-electron chi connectivity index (χ3n) is 6.26. The Morgan fingerprint density at radius 1 is 0.974 bits per heavy atom.